The molecule has 2 aromatic carbocycles. The van der Waals surface area contributed by atoms with E-state index in [2.05, 4.69) is 0 Å². The second kappa shape index (κ2) is 6.43. The van der Waals surface area contributed by atoms with Gasteiger partial charge in [-0.2, -0.15) is 13.2 Å². The van der Waals surface area contributed by atoms with Gasteiger partial charge in [-0.15, -0.1) is 0 Å². The van der Waals surface area contributed by atoms with Crippen LogP contribution in [0.25, 0.3) is 0 Å². The molecule has 1 atom stereocenters. The Kier molecular flexibility index (Phi) is 4.33. The number of alkyl halides is 3. The van der Waals surface area contributed by atoms with Gasteiger partial charge in [-0.1, -0.05) is 24.3 Å². The predicted molar refractivity (Wildman–Crippen MR) is 77.6 cm³/mol. The second-order valence-electron chi connectivity index (χ2n) is 5.17. The number of para-hydroxylation sites is 2. The molecule has 0 aromatic heterocycles. The second-order valence-corrected chi connectivity index (χ2v) is 5.17. The summed E-state index contributed by atoms with van der Waals surface area (Å²) in [6.07, 6.45) is -5.39. The summed E-state index contributed by atoms with van der Waals surface area (Å²) < 4.78 is 53.9. The first-order valence-electron chi connectivity index (χ1n) is 7.15. The van der Waals surface area contributed by atoms with Crippen LogP contribution in [-0.2, 0) is 22.3 Å². The summed E-state index contributed by atoms with van der Waals surface area (Å²) in [5.41, 5.74) is -0.544. The SMILES string of the molecule is O=C(OCc1cccc(C(F)(F)F)c1)[C@H]1COc2ccccc2O1. The van der Waals surface area contributed by atoms with Gasteiger partial charge in [-0.05, 0) is 29.8 Å². The minimum absolute atomic E-state index is 0.0154. The lowest BCUT2D eigenvalue weighted by Crippen LogP contribution is -2.37. The van der Waals surface area contributed by atoms with Crippen LogP contribution in [0.1, 0.15) is 11.1 Å². The first-order chi connectivity index (χ1) is 11.4. The number of halogens is 3. The number of ether oxygens (including phenoxy) is 3. The van der Waals surface area contributed by atoms with Gasteiger partial charge in [0.15, 0.2) is 11.5 Å². The van der Waals surface area contributed by atoms with Crippen molar-refractivity contribution in [2.24, 2.45) is 0 Å². The highest BCUT2D eigenvalue weighted by Crippen LogP contribution is 2.31. The van der Waals surface area contributed by atoms with Crippen LogP contribution in [0.4, 0.5) is 13.2 Å². The smallest absolute Gasteiger partial charge is 0.416 e. The van der Waals surface area contributed by atoms with Crippen molar-refractivity contribution in [3.05, 3.63) is 59.7 Å². The van der Waals surface area contributed by atoms with Gasteiger partial charge >= 0.3 is 12.1 Å². The van der Waals surface area contributed by atoms with Crippen molar-refractivity contribution >= 4 is 5.97 Å². The molecule has 0 unspecified atom stereocenters. The fraction of sp³-hybridized carbons (Fsp3) is 0.235. The third-order valence-corrected chi connectivity index (χ3v) is 3.41. The van der Waals surface area contributed by atoms with Crippen LogP contribution in [0.2, 0.25) is 0 Å². The Morgan fingerprint density at radius 2 is 1.88 bits per heavy atom. The molecule has 0 radical (unpaired) electrons. The van der Waals surface area contributed by atoms with Crippen LogP contribution in [0.3, 0.4) is 0 Å². The van der Waals surface area contributed by atoms with Crippen LogP contribution in [0, 0.1) is 0 Å². The molecule has 0 N–H and O–H groups in total. The number of fused-ring (bicyclic) bond motifs is 1. The van der Waals surface area contributed by atoms with Crippen LogP contribution in [-0.4, -0.2) is 18.7 Å². The van der Waals surface area contributed by atoms with Crippen molar-refractivity contribution in [2.45, 2.75) is 18.9 Å². The number of esters is 1. The summed E-state index contributed by atoms with van der Waals surface area (Å²) in [4.78, 5) is 12.0. The Morgan fingerprint density at radius 3 is 2.62 bits per heavy atom. The maximum absolute atomic E-state index is 12.7. The van der Waals surface area contributed by atoms with Crippen molar-refractivity contribution in [2.75, 3.05) is 6.61 Å². The van der Waals surface area contributed by atoms with Gasteiger partial charge in [0.2, 0.25) is 6.10 Å². The van der Waals surface area contributed by atoms with Gasteiger partial charge < -0.3 is 14.2 Å². The zero-order chi connectivity index (χ0) is 17.2. The normalized spacial score (nSPS) is 16.5. The van der Waals surface area contributed by atoms with E-state index in [0.29, 0.717) is 11.5 Å². The molecule has 7 heteroatoms. The highest BCUT2D eigenvalue weighted by atomic mass is 19.4. The molecule has 0 amide bonds. The molecule has 1 aliphatic heterocycles. The quantitative estimate of drug-likeness (QED) is 0.803. The molecular formula is C17H13F3O4. The molecule has 0 bridgehead atoms. The monoisotopic (exact) mass is 338 g/mol. The van der Waals surface area contributed by atoms with E-state index >= 15 is 0 Å². The fourth-order valence-corrected chi connectivity index (χ4v) is 2.22. The first kappa shape index (κ1) is 16.2. The molecule has 0 aliphatic carbocycles. The molecule has 0 saturated heterocycles. The summed E-state index contributed by atoms with van der Waals surface area (Å²) in [5, 5.41) is 0. The number of benzene rings is 2. The maximum atomic E-state index is 12.7. The highest BCUT2D eigenvalue weighted by Gasteiger charge is 2.31. The fourth-order valence-electron chi connectivity index (χ4n) is 2.22. The summed E-state index contributed by atoms with van der Waals surface area (Å²) in [6, 6.07) is 11.5. The number of hydrogen-bond donors (Lipinski definition) is 0. The molecule has 3 rings (SSSR count). The number of hydrogen-bond acceptors (Lipinski definition) is 4. The Labute approximate surface area is 135 Å². The Morgan fingerprint density at radius 1 is 1.12 bits per heavy atom. The van der Waals surface area contributed by atoms with E-state index in [4.69, 9.17) is 14.2 Å². The Balaban J connectivity index is 1.61. The third-order valence-electron chi connectivity index (χ3n) is 3.41. The summed E-state index contributed by atoms with van der Waals surface area (Å²) in [7, 11) is 0. The zero-order valence-corrected chi connectivity index (χ0v) is 12.4. The predicted octanol–water partition coefficient (Wildman–Crippen LogP) is 3.59. The lowest BCUT2D eigenvalue weighted by atomic mass is 10.1. The summed E-state index contributed by atoms with van der Waals surface area (Å²) >= 11 is 0. The molecule has 4 nitrogen and oxygen atoms in total. The van der Waals surface area contributed by atoms with Crippen molar-refractivity contribution in [1.29, 1.82) is 0 Å². The summed E-state index contributed by atoms with van der Waals surface area (Å²) in [5.74, 6) is 0.256. The molecule has 0 saturated carbocycles. The topological polar surface area (TPSA) is 44.8 Å². The van der Waals surface area contributed by atoms with E-state index in [1.165, 1.54) is 12.1 Å². The number of rotatable bonds is 3. The van der Waals surface area contributed by atoms with Crippen molar-refractivity contribution < 1.29 is 32.2 Å². The van der Waals surface area contributed by atoms with Gasteiger partial charge in [-0.3, -0.25) is 0 Å². The van der Waals surface area contributed by atoms with Crippen molar-refractivity contribution in [3.63, 3.8) is 0 Å². The van der Waals surface area contributed by atoms with Crippen LogP contribution in [0.15, 0.2) is 48.5 Å². The van der Waals surface area contributed by atoms with E-state index < -0.39 is 23.8 Å². The van der Waals surface area contributed by atoms with Gasteiger partial charge in [0.1, 0.15) is 13.2 Å². The van der Waals surface area contributed by atoms with Gasteiger partial charge in [0.05, 0.1) is 5.56 Å². The molecule has 126 valence electrons. The van der Waals surface area contributed by atoms with Crippen LogP contribution >= 0.6 is 0 Å². The van der Waals surface area contributed by atoms with E-state index in [-0.39, 0.29) is 18.8 Å². The minimum Gasteiger partial charge on any atom is -0.485 e. The van der Waals surface area contributed by atoms with Crippen LogP contribution < -0.4 is 9.47 Å². The molecule has 0 fully saturated rings. The lowest BCUT2D eigenvalue weighted by molar-refractivity contribution is -0.155. The van der Waals surface area contributed by atoms with E-state index in [9.17, 15) is 18.0 Å². The molecule has 24 heavy (non-hydrogen) atoms. The third kappa shape index (κ3) is 3.61. The average molecular weight is 338 g/mol. The highest BCUT2D eigenvalue weighted by molar-refractivity contribution is 5.76. The Hall–Kier alpha value is -2.70. The Bertz CT molecular complexity index is 743. The number of carbonyl (C=O) groups is 1. The van der Waals surface area contributed by atoms with Crippen LogP contribution in [0.5, 0.6) is 11.5 Å². The van der Waals surface area contributed by atoms with Crippen molar-refractivity contribution in [3.8, 4) is 11.5 Å². The molecular weight excluding hydrogens is 325 g/mol. The van der Waals surface area contributed by atoms with Crippen molar-refractivity contribution in [1.82, 2.24) is 0 Å². The molecule has 1 aliphatic rings. The minimum atomic E-state index is -4.44. The maximum Gasteiger partial charge on any atom is 0.416 e. The molecule has 2 aromatic rings. The molecule has 1 heterocycles. The van der Waals surface area contributed by atoms with Gasteiger partial charge in [0, 0.05) is 0 Å². The van der Waals surface area contributed by atoms with E-state index in [1.54, 1.807) is 24.3 Å². The van der Waals surface area contributed by atoms with E-state index in [0.717, 1.165) is 12.1 Å². The average Bonchev–Trinajstić information content (AvgIpc) is 2.59. The lowest BCUT2D eigenvalue weighted by Gasteiger charge is -2.24. The summed E-state index contributed by atoms with van der Waals surface area (Å²) in [6.45, 7) is -0.289. The standard InChI is InChI=1S/C17H13F3O4/c18-17(19,20)12-5-3-4-11(8-12)9-23-16(21)15-10-22-13-6-1-2-7-14(13)24-15/h1-8,15H,9-10H2/t15-/m1/s1. The first-order valence-corrected chi connectivity index (χ1v) is 7.15. The largest absolute Gasteiger partial charge is 0.485 e. The zero-order valence-electron chi connectivity index (χ0n) is 12.4. The number of carbonyl (C=O) groups excluding carboxylic acids is 1. The van der Waals surface area contributed by atoms with E-state index in [1.807, 2.05) is 0 Å². The molecule has 0 spiro atoms. The van der Waals surface area contributed by atoms with Gasteiger partial charge in [-0.25, -0.2) is 4.79 Å². The van der Waals surface area contributed by atoms with Gasteiger partial charge in [0.25, 0.3) is 0 Å².